The van der Waals surface area contributed by atoms with E-state index in [0.717, 1.165) is 42.7 Å². The van der Waals surface area contributed by atoms with E-state index in [1.807, 2.05) is 19.2 Å². The molecule has 0 bridgehead atoms. The van der Waals surface area contributed by atoms with E-state index < -0.39 is 0 Å². The van der Waals surface area contributed by atoms with Crippen molar-refractivity contribution in [3.63, 3.8) is 0 Å². The van der Waals surface area contributed by atoms with Crippen LogP contribution in [0.25, 0.3) is 0 Å². The molecule has 0 aromatic heterocycles. The Kier molecular flexibility index (Phi) is 5.23. The van der Waals surface area contributed by atoms with Crippen LogP contribution in [0.3, 0.4) is 0 Å². The number of rotatable bonds is 5. The van der Waals surface area contributed by atoms with Gasteiger partial charge in [0.05, 0.1) is 17.4 Å². The first-order valence-corrected chi connectivity index (χ1v) is 7.90. The maximum absolute atomic E-state index is 12.5. The first kappa shape index (κ1) is 15.8. The van der Waals surface area contributed by atoms with Crippen molar-refractivity contribution in [2.24, 2.45) is 0 Å². The van der Waals surface area contributed by atoms with Crippen molar-refractivity contribution in [2.75, 3.05) is 24.2 Å². The predicted octanol–water partition coefficient (Wildman–Crippen LogP) is 3.24. The number of nitrogens with zero attached hydrogens (tertiary/aromatic N) is 1. The molecule has 1 aliphatic heterocycles. The molecule has 21 heavy (non-hydrogen) atoms. The summed E-state index contributed by atoms with van der Waals surface area (Å²) in [5.41, 5.74) is 3.09. The minimum atomic E-state index is 0.00182. The zero-order valence-electron chi connectivity index (χ0n) is 13.6. The molecular weight excluding hydrogens is 262 g/mol. The second-order valence-corrected chi connectivity index (χ2v) is 6.08. The highest BCUT2D eigenvalue weighted by molar-refractivity contribution is 5.98. The molecule has 2 N–H and O–H groups in total. The summed E-state index contributed by atoms with van der Waals surface area (Å²) >= 11 is 0. The molecule has 1 aliphatic rings. The maximum Gasteiger partial charge on any atom is 0.241 e. The lowest BCUT2D eigenvalue weighted by molar-refractivity contribution is -0.119. The fourth-order valence-corrected chi connectivity index (χ4v) is 2.77. The molecule has 1 saturated heterocycles. The van der Waals surface area contributed by atoms with Crippen LogP contribution in [0, 0.1) is 6.92 Å². The first-order valence-electron chi connectivity index (χ1n) is 7.90. The highest BCUT2D eigenvalue weighted by Crippen LogP contribution is 2.28. The molecule has 0 aliphatic carbocycles. The third kappa shape index (κ3) is 3.76. The average Bonchev–Trinajstić information content (AvgIpc) is 2.88. The van der Waals surface area contributed by atoms with E-state index in [1.165, 1.54) is 0 Å². The standard InChI is InChI=1S/C17H27N3O/c1-5-13(3)18-16-12(2)8-6-9-14(16)19-17(21)15-10-7-11-20(15)4/h6,8-9,13,15,18H,5,7,10-11H2,1-4H3,(H,19,21). The number of hydrogen-bond acceptors (Lipinski definition) is 3. The van der Waals surface area contributed by atoms with Crippen LogP contribution < -0.4 is 10.6 Å². The van der Waals surface area contributed by atoms with Gasteiger partial charge in [-0.05, 0) is 58.3 Å². The average molecular weight is 289 g/mol. The number of anilines is 2. The molecular formula is C17H27N3O. The van der Waals surface area contributed by atoms with Crippen LogP contribution in [0.1, 0.15) is 38.7 Å². The largest absolute Gasteiger partial charge is 0.381 e. The zero-order chi connectivity index (χ0) is 15.4. The quantitative estimate of drug-likeness (QED) is 0.874. The summed E-state index contributed by atoms with van der Waals surface area (Å²) < 4.78 is 0. The minimum absolute atomic E-state index is 0.00182. The number of nitrogens with one attached hydrogen (secondary N) is 2. The van der Waals surface area contributed by atoms with Gasteiger partial charge in [0.1, 0.15) is 0 Å². The molecule has 0 saturated carbocycles. The van der Waals surface area contributed by atoms with E-state index in [2.05, 4.69) is 42.4 Å². The molecule has 1 fully saturated rings. The summed E-state index contributed by atoms with van der Waals surface area (Å²) in [6.07, 6.45) is 3.09. The Balaban J connectivity index is 2.15. The van der Waals surface area contributed by atoms with Crippen molar-refractivity contribution >= 4 is 17.3 Å². The van der Waals surface area contributed by atoms with Crippen molar-refractivity contribution < 1.29 is 4.79 Å². The number of hydrogen-bond donors (Lipinski definition) is 2. The first-order chi connectivity index (χ1) is 10.0. The van der Waals surface area contributed by atoms with Gasteiger partial charge in [0.25, 0.3) is 0 Å². The number of amides is 1. The van der Waals surface area contributed by atoms with Crippen molar-refractivity contribution in [2.45, 2.75) is 52.1 Å². The Morgan fingerprint density at radius 2 is 2.24 bits per heavy atom. The second-order valence-electron chi connectivity index (χ2n) is 6.08. The maximum atomic E-state index is 12.5. The van der Waals surface area contributed by atoms with Crippen LogP contribution in [0.15, 0.2) is 18.2 Å². The number of likely N-dealkylation sites (N-methyl/N-ethyl adjacent to an activating group) is 1. The van der Waals surface area contributed by atoms with E-state index >= 15 is 0 Å². The SMILES string of the molecule is CCC(C)Nc1c(C)cccc1NC(=O)C1CCCN1C. The van der Waals surface area contributed by atoms with E-state index in [-0.39, 0.29) is 11.9 Å². The summed E-state index contributed by atoms with van der Waals surface area (Å²) in [6.45, 7) is 7.39. The van der Waals surface area contributed by atoms with Gasteiger partial charge in [0.2, 0.25) is 5.91 Å². The lowest BCUT2D eigenvalue weighted by atomic mass is 10.1. The van der Waals surface area contributed by atoms with Gasteiger partial charge >= 0.3 is 0 Å². The predicted molar refractivity (Wildman–Crippen MR) is 88.8 cm³/mol. The Labute approximate surface area is 127 Å². The van der Waals surface area contributed by atoms with Gasteiger partial charge in [-0.2, -0.15) is 0 Å². The van der Waals surface area contributed by atoms with E-state index in [1.54, 1.807) is 0 Å². The zero-order valence-corrected chi connectivity index (χ0v) is 13.6. The molecule has 1 aromatic carbocycles. The van der Waals surface area contributed by atoms with Crippen LogP contribution in [0.5, 0.6) is 0 Å². The van der Waals surface area contributed by atoms with Gasteiger partial charge in [-0.15, -0.1) is 0 Å². The van der Waals surface area contributed by atoms with Crippen LogP contribution in [-0.2, 0) is 4.79 Å². The number of para-hydroxylation sites is 1. The molecule has 4 heteroatoms. The molecule has 2 atom stereocenters. The number of aryl methyl sites for hydroxylation is 1. The van der Waals surface area contributed by atoms with Crippen molar-refractivity contribution in [1.82, 2.24) is 4.90 Å². The Morgan fingerprint density at radius 1 is 1.48 bits per heavy atom. The number of carbonyl (C=O) groups excluding carboxylic acids is 1. The molecule has 4 nitrogen and oxygen atoms in total. The topological polar surface area (TPSA) is 44.4 Å². The third-order valence-electron chi connectivity index (χ3n) is 4.36. The van der Waals surface area contributed by atoms with Crippen LogP contribution in [-0.4, -0.2) is 36.5 Å². The van der Waals surface area contributed by atoms with E-state index in [9.17, 15) is 4.79 Å². The van der Waals surface area contributed by atoms with Gasteiger partial charge in [-0.25, -0.2) is 0 Å². The molecule has 1 amide bonds. The fraction of sp³-hybridized carbons (Fsp3) is 0.588. The van der Waals surface area contributed by atoms with Crippen molar-refractivity contribution in [1.29, 1.82) is 0 Å². The summed E-state index contributed by atoms with van der Waals surface area (Å²) in [5.74, 6) is 0.104. The lowest BCUT2D eigenvalue weighted by Crippen LogP contribution is -2.37. The molecule has 1 heterocycles. The van der Waals surface area contributed by atoms with E-state index in [4.69, 9.17) is 0 Å². The molecule has 1 aromatic rings. The highest BCUT2D eigenvalue weighted by Gasteiger charge is 2.28. The summed E-state index contributed by atoms with van der Waals surface area (Å²) in [6, 6.07) is 6.43. The number of carbonyl (C=O) groups is 1. The minimum Gasteiger partial charge on any atom is -0.381 e. The van der Waals surface area contributed by atoms with Crippen LogP contribution in [0.4, 0.5) is 11.4 Å². The Morgan fingerprint density at radius 3 is 2.86 bits per heavy atom. The van der Waals surface area contributed by atoms with Gasteiger partial charge < -0.3 is 10.6 Å². The molecule has 0 spiro atoms. The summed E-state index contributed by atoms with van der Waals surface area (Å²) in [5, 5.41) is 6.62. The second kappa shape index (κ2) is 6.94. The fourth-order valence-electron chi connectivity index (χ4n) is 2.77. The molecule has 2 rings (SSSR count). The molecule has 116 valence electrons. The molecule has 2 unspecified atom stereocenters. The van der Waals surface area contributed by atoms with Crippen LogP contribution >= 0.6 is 0 Å². The summed E-state index contributed by atoms with van der Waals surface area (Å²) in [4.78, 5) is 14.6. The van der Waals surface area contributed by atoms with Crippen molar-refractivity contribution in [3.05, 3.63) is 23.8 Å². The third-order valence-corrected chi connectivity index (χ3v) is 4.36. The Bertz CT molecular complexity index is 501. The monoisotopic (exact) mass is 289 g/mol. The Hall–Kier alpha value is -1.55. The lowest BCUT2D eigenvalue weighted by Gasteiger charge is -2.22. The number of likely N-dealkylation sites (tertiary alicyclic amines) is 1. The smallest absolute Gasteiger partial charge is 0.241 e. The van der Waals surface area contributed by atoms with Crippen molar-refractivity contribution in [3.8, 4) is 0 Å². The highest BCUT2D eigenvalue weighted by atomic mass is 16.2. The summed E-state index contributed by atoms with van der Waals surface area (Å²) in [7, 11) is 2.02. The number of benzene rings is 1. The van der Waals surface area contributed by atoms with Gasteiger partial charge in [0, 0.05) is 6.04 Å². The van der Waals surface area contributed by atoms with Crippen LogP contribution in [0.2, 0.25) is 0 Å². The molecule has 0 radical (unpaired) electrons. The van der Waals surface area contributed by atoms with Gasteiger partial charge in [-0.1, -0.05) is 19.1 Å². The van der Waals surface area contributed by atoms with Gasteiger partial charge in [-0.3, -0.25) is 9.69 Å². The normalized spacial score (nSPS) is 20.3. The van der Waals surface area contributed by atoms with E-state index in [0.29, 0.717) is 6.04 Å². The van der Waals surface area contributed by atoms with Gasteiger partial charge in [0.15, 0.2) is 0 Å².